The number of anilines is 1. The number of fused-ring (bicyclic) bond motifs is 4. The fourth-order valence-corrected chi connectivity index (χ4v) is 4.80. The topological polar surface area (TPSA) is 78.4 Å². The molecule has 0 saturated carbocycles. The third-order valence-corrected chi connectivity index (χ3v) is 6.83. The van der Waals surface area contributed by atoms with Crippen LogP contribution in [0.3, 0.4) is 0 Å². The highest BCUT2D eigenvalue weighted by Crippen LogP contribution is 2.44. The van der Waals surface area contributed by atoms with Gasteiger partial charge in [-0.3, -0.25) is 0 Å². The zero-order chi connectivity index (χ0) is 23.1. The van der Waals surface area contributed by atoms with Crippen LogP contribution in [-0.4, -0.2) is 22.0 Å². The molecule has 4 aromatic rings. The predicted octanol–water partition coefficient (Wildman–Crippen LogP) is 6.02. The molecule has 7 nitrogen and oxygen atoms in total. The summed E-state index contributed by atoms with van der Waals surface area (Å²) in [4.78, 5) is 4.71. The third-order valence-electron chi connectivity index (χ3n) is 5.60. The zero-order valence-corrected chi connectivity index (χ0v) is 19.7. The summed E-state index contributed by atoms with van der Waals surface area (Å²) in [6.45, 7) is 2.24. The van der Waals surface area contributed by atoms with Gasteiger partial charge in [0, 0.05) is 28.6 Å². The van der Waals surface area contributed by atoms with Gasteiger partial charge in [0.25, 0.3) is 0 Å². The fourth-order valence-electron chi connectivity index (χ4n) is 3.82. The van der Waals surface area contributed by atoms with E-state index in [-0.39, 0.29) is 6.79 Å². The fraction of sp³-hybridized carbons (Fsp3) is 0.160. The van der Waals surface area contributed by atoms with E-state index < -0.39 is 6.23 Å². The minimum Gasteiger partial charge on any atom is -0.454 e. The number of aromatic nitrogens is 3. The van der Waals surface area contributed by atoms with Crippen molar-refractivity contribution in [3.05, 3.63) is 82.4 Å². The molecule has 0 unspecified atom stereocenters. The maximum Gasteiger partial charge on any atom is 0.247 e. The normalized spacial score (nSPS) is 15.5. The molecule has 9 heteroatoms. The van der Waals surface area contributed by atoms with Crippen LogP contribution < -0.4 is 19.5 Å². The Balaban J connectivity index is 1.36. The second-order valence-electron chi connectivity index (χ2n) is 7.94. The SMILES string of the molecule is Cc1ccc(CSc2nnc3c(n2)O[C@H](c2cc4c(cc2Cl)OCO4)Nc2ccccc2-3)cc1. The van der Waals surface area contributed by atoms with Gasteiger partial charge in [-0.25, -0.2) is 0 Å². The minimum atomic E-state index is -0.615. The standard InChI is InChI=1S/C25H19ClN4O3S/c1-14-6-8-15(9-7-14)12-34-25-28-24-22(29-30-25)16-4-2-3-5-19(16)27-23(33-24)17-10-20-21(11-18(17)26)32-13-31-20/h2-11,23,27H,12-13H2,1H3/t23-/m1/s1. The zero-order valence-electron chi connectivity index (χ0n) is 18.1. The van der Waals surface area contributed by atoms with E-state index in [1.54, 1.807) is 6.07 Å². The molecule has 3 heterocycles. The molecule has 0 radical (unpaired) electrons. The number of hydrogen-bond acceptors (Lipinski definition) is 8. The van der Waals surface area contributed by atoms with Crippen molar-refractivity contribution < 1.29 is 14.2 Å². The number of nitrogens with one attached hydrogen (secondary N) is 1. The average molecular weight is 491 g/mol. The smallest absolute Gasteiger partial charge is 0.247 e. The predicted molar refractivity (Wildman–Crippen MR) is 131 cm³/mol. The molecule has 6 rings (SSSR count). The molecule has 34 heavy (non-hydrogen) atoms. The summed E-state index contributed by atoms with van der Waals surface area (Å²) in [5.41, 5.74) is 5.39. The number of halogens is 1. The van der Waals surface area contributed by atoms with Crippen molar-refractivity contribution in [2.45, 2.75) is 24.1 Å². The number of nitrogens with zero attached hydrogens (tertiary/aromatic N) is 3. The van der Waals surface area contributed by atoms with Crippen LogP contribution in [0.2, 0.25) is 5.02 Å². The number of thioether (sulfide) groups is 1. The highest BCUT2D eigenvalue weighted by Gasteiger charge is 2.29. The van der Waals surface area contributed by atoms with Crippen molar-refractivity contribution >= 4 is 29.1 Å². The van der Waals surface area contributed by atoms with Gasteiger partial charge in [0.1, 0.15) is 0 Å². The van der Waals surface area contributed by atoms with E-state index in [9.17, 15) is 0 Å². The Hall–Kier alpha value is -3.49. The average Bonchev–Trinajstić information content (AvgIpc) is 3.23. The molecule has 0 fully saturated rings. The maximum absolute atomic E-state index is 6.60. The van der Waals surface area contributed by atoms with Crippen LogP contribution in [0.25, 0.3) is 11.3 Å². The lowest BCUT2D eigenvalue weighted by Gasteiger charge is -2.20. The summed E-state index contributed by atoms with van der Waals surface area (Å²) in [6.07, 6.45) is -0.615. The van der Waals surface area contributed by atoms with Crippen LogP contribution in [0.1, 0.15) is 22.9 Å². The number of ether oxygens (including phenoxy) is 3. The van der Waals surface area contributed by atoms with Gasteiger partial charge in [-0.15, -0.1) is 10.2 Å². The van der Waals surface area contributed by atoms with E-state index in [0.29, 0.717) is 38.8 Å². The van der Waals surface area contributed by atoms with Crippen molar-refractivity contribution in [2.75, 3.05) is 12.1 Å². The van der Waals surface area contributed by atoms with E-state index in [4.69, 9.17) is 30.8 Å². The highest BCUT2D eigenvalue weighted by molar-refractivity contribution is 7.98. The van der Waals surface area contributed by atoms with Gasteiger partial charge in [0.15, 0.2) is 23.4 Å². The lowest BCUT2D eigenvalue weighted by atomic mass is 10.1. The lowest BCUT2D eigenvalue weighted by Crippen LogP contribution is -2.17. The molecule has 0 aliphatic carbocycles. The van der Waals surface area contributed by atoms with Crippen molar-refractivity contribution in [3.63, 3.8) is 0 Å². The summed E-state index contributed by atoms with van der Waals surface area (Å²) in [7, 11) is 0. The Morgan fingerprint density at radius 1 is 1.03 bits per heavy atom. The van der Waals surface area contributed by atoms with Gasteiger partial charge < -0.3 is 19.5 Å². The molecule has 0 saturated heterocycles. The van der Waals surface area contributed by atoms with E-state index in [2.05, 4.69) is 46.7 Å². The molecule has 1 atom stereocenters. The number of benzene rings is 3. The summed E-state index contributed by atoms with van der Waals surface area (Å²) in [6, 6.07) is 19.8. The van der Waals surface area contributed by atoms with Crippen LogP contribution in [-0.2, 0) is 5.75 Å². The largest absolute Gasteiger partial charge is 0.454 e. The molecular formula is C25H19ClN4O3S. The molecule has 3 aromatic carbocycles. The van der Waals surface area contributed by atoms with Crippen molar-refractivity contribution in [3.8, 4) is 28.6 Å². The van der Waals surface area contributed by atoms with Crippen molar-refractivity contribution in [1.29, 1.82) is 0 Å². The Morgan fingerprint density at radius 2 is 1.82 bits per heavy atom. The molecule has 0 bridgehead atoms. The Labute approximate surface area is 205 Å². The number of hydrogen-bond donors (Lipinski definition) is 1. The molecule has 2 aliphatic rings. The van der Waals surface area contributed by atoms with E-state index in [1.165, 1.54) is 22.9 Å². The molecule has 1 N–H and O–H groups in total. The van der Waals surface area contributed by atoms with Crippen LogP contribution >= 0.6 is 23.4 Å². The first-order chi connectivity index (χ1) is 16.6. The van der Waals surface area contributed by atoms with Crippen molar-refractivity contribution in [1.82, 2.24) is 15.2 Å². The summed E-state index contributed by atoms with van der Waals surface area (Å²) in [5.74, 6) is 2.35. The molecule has 170 valence electrons. The summed E-state index contributed by atoms with van der Waals surface area (Å²) in [5, 5.41) is 13.3. The summed E-state index contributed by atoms with van der Waals surface area (Å²) < 4.78 is 17.3. The minimum absolute atomic E-state index is 0.165. The van der Waals surface area contributed by atoms with Gasteiger partial charge in [0.2, 0.25) is 17.8 Å². The van der Waals surface area contributed by atoms with Crippen LogP contribution in [0, 0.1) is 6.92 Å². The highest BCUT2D eigenvalue weighted by atomic mass is 35.5. The van der Waals surface area contributed by atoms with Crippen molar-refractivity contribution in [2.24, 2.45) is 0 Å². The van der Waals surface area contributed by atoms with E-state index in [0.717, 1.165) is 17.0 Å². The second-order valence-corrected chi connectivity index (χ2v) is 9.29. The first-order valence-corrected chi connectivity index (χ1v) is 12.0. The number of rotatable bonds is 4. The van der Waals surface area contributed by atoms with E-state index in [1.807, 2.05) is 30.3 Å². The maximum atomic E-state index is 6.60. The quantitative estimate of drug-likeness (QED) is 0.348. The molecule has 1 aromatic heterocycles. The van der Waals surface area contributed by atoms with E-state index >= 15 is 0 Å². The molecule has 0 spiro atoms. The molecule has 2 aliphatic heterocycles. The monoisotopic (exact) mass is 490 g/mol. The van der Waals surface area contributed by atoms with Gasteiger partial charge in [-0.05, 0) is 24.6 Å². The van der Waals surface area contributed by atoms with Crippen LogP contribution in [0.4, 0.5) is 5.69 Å². The lowest BCUT2D eigenvalue weighted by molar-refractivity contribution is 0.173. The first kappa shape index (κ1) is 21.1. The van der Waals surface area contributed by atoms with Gasteiger partial charge in [0.05, 0.1) is 5.02 Å². The third kappa shape index (κ3) is 3.99. The van der Waals surface area contributed by atoms with Gasteiger partial charge in [-0.2, -0.15) is 4.98 Å². The van der Waals surface area contributed by atoms with Gasteiger partial charge >= 0.3 is 0 Å². The Bertz CT molecular complexity index is 1380. The summed E-state index contributed by atoms with van der Waals surface area (Å²) >= 11 is 8.11. The van der Waals surface area contributed by atoms with Crippen LogP contribution in [0.5, 0.6) is 17.4 Å². The Morgan fingerprint density at radius 3 is 2.68 bits per heavy atom. The Kier molecular flexibility index (Phi) is 5.39. The number of aryl methyl sites for hydroxylation is 1. The second kappa shape index (κ2) is 8.70. The number of para-hydroxylation sites is 1. The first-order valence-electron chi connectivity index (χ1n) is 10.7. The molecular weight excluding hydrogens is 472 g/mol. The van der Waals surface area contributed by atoms with Crippen LogP contribution in [0.15, 0.2) is 65.8 Å². The molecule has 0 amide bonds. The van der Waals surface area contributed by atoms with Gasteiger partial charge in [-0.1, -0.05) is 71.4 Å².